The molecule has 0 bridgehead atoms. The molecule has 0 radical (unpaired) electrons. The first kappa shape index (κ1) is 21.6. The second-order valence-corrected chi connectivity index (χ2v) is 5.76. The van der Waals surface area contributed by atoms with Crippen LogP contribution >= 0.6 is 0 Å². The number of halogens is 8. The zero-order chi connectivity index (χ0) is 21.5. The van der Waals surface area contributed by atoms with Crippen LogP contribution in [0.25, 0.3) is 10.9 Å². The summed E-state index contributed by atoms with van der Waals surface area (Å²) < 4.78 is 107. The largest absolute Gasteiger partial charge is 0.506 e. The molecule has 2 rings (SSSR count). The van der Waals surface area contributed by atoms with E-state index in [-0.39, 0.29) is 16.6 Å². The number of nitrogens with zero attached hydrogens (tertiary/aromatic N) is 1. The van der Waals surface area contributed by atoms with Gasteiger partial charge in [-0.1, -0.05) is 0 Å². The van der Waals surface area contributed by atoms with E-state index in [2.05, 4.69) is 9.72 Å². The predicted octanol–water partition coefficient (Wildman–Crippen LogP) is 4.69. The molecule has 1 heterocycles. The van der Waals surface area contributed by atoms with E-state index in [1.807, 2.05) is 0 Å². The molecule has 0 unspecified atom stereocenters. The van der Waals surface area contributed by atoms with Gasteiger partial charge < -0.3 is 9.84 Å². The Morgan fingerprint density at radius 3 is 2.29 bits per heavy atom. The van der Waals surface area contributed by atoms with Gasteiger partial charge in [0.15, 0.2) is 12.4 Å². The number of aromatic hydroxyl groups is 1. The number of ketones is 1. The minimum atomic E-state index is -6.37. The van der Waals surface area contributed by atoms with Crippen molar-refractivity contribution < 1.29 is 49.8 Å². The Hall–Kier alpha value is -2.66. The number of aromatic nitrogens is 1. The molecule has 0 aliphatic rings. The number of carbonyl (C=O) groups is 1. The van der Waals surface area contributed by atoms with Crippen LogP contribution in [-0.2, 0) is 0 Å². The maximum absolute atomic E-state index is 13.5. The number of benzene rings is 1. The summed E-state index contributed by atoms with van der Waals surface area (Å²) in [6.07, 6.45) is -5.02. The summed E-state index contributed by atoms with van der Waals surface area (Å²) in [5, 5.41) is 9.73. The summed E-state index contributed by atoms with van der Waals surface area (Å²) in [4.78, 5) is 15.1. The van der Waals surface area contributed by atoms with Crippen LogP contribution in [0.4, 0.5) is 35.1 Å². The molecule has 1 aromatic carbocycles. The molecule has 0 amide bonds. The van der Waals surface area contributed by atoms with Gasteiger partial charge in [-0.05, 0) is 24.3 Å². The molecule has 154 valence electrons. The zero-order valence-electron chi connectivity index (χ0n) is 13.8. The van der Waals surface area contributed by atoms with Gasteiger partial charge in [0, 0.05) is 12.3 Å². The van der Waals surface area contributed by atoms with E-state index in [4.69, 9.17) is 0 Å². The van der Waals surface area contributed by atoms with E-state index in [1.54, 1.807) is 0 Å². The van der Waals surface area contributed by atoms with Crippen LogP contribution in [0.3, 0.4) is 0 Å². The number of Topliss-reactive ketones (excluding diaryl/α,β-unsaturated/α-hetero) is 1. The van der Waals surface area contributed by atoms with Crippen LogP contribution in [-0.4, -0.2) is 46.7 Å². The van der Waals surface area contributed by atoms with Crippen molar-refractivity contribution >= 4 is 16.7 Å². The van der Waals surface area contributed by atoms with E-state index >= 15 is 0 Å². The summed E-state index contributed by atoms with van der Waals surface area (Å²) in [6, 6.07) is 4.05. The number of carbonyl (C=O) groups excluding carboxylic acids is 1. The van der Waals surface area contributed by atoms with Crippen molar-refractivity contribution in [2.75, 3.05) is 6.61 Å². The van der Waals surface area contributed by atoms with Gasteiger partial charge in [0.05, 0.1) is 5.52 Å². The van der Waals surface area contributed by atoms with Crippen LogP contribution < -0.4 is 4.74 Å². The van der Waals surface area contributed by atoms with Crippen molar-refractivity contribution in [3.8, 4) is 11.5 Å². The SMILES string of the molecule is CC(=O)c1nc2ccc(OCC(F)(F)C(F)(F)C(F)(F)C(F)F)cc2cc1O. The third kappa shape index (κ3) is 3.67. The topological polar surface area (TPSA) is 59.4 Å². The van der Waals surface area contributed by atoms with Crippen molar-refractivity contribution in [2.45, 2.75) is 31.1 Å². The molecule has 4 nitrogen and oxygen atoms in total. The van der Waals surface area contributed by atoms with Gasteiger partial charge in [0.1, 0.15) is 17.2 Å². The molecule has 0 aliphatic heterocycles. The first-order chi connectivity index (χ1) is 12.7. The fourth-order valence-corrected chi connectivity index (χ4v) is 2.14. The van der Waals surface area contributed by atoms with Gasteiger partial charge in [0.25, 0.3) is 0 Å². The lowest BCUT2D eigenvalue weighted by molar-refractivity contribution is -0.342. The second-order valence-electron chi connectivity index (χ2n) is 5.76. The number of rotatable bonds is 7. The lowest BCUT2D eigenvalue weighted by atomic mass is 10.1. The predicted molar refractivity (Wildman–Crippen MR) is 79.8 cm³/mol. The van der Waals surface area contributed by atoms with Crippen molar-refractivity contribution in [3.05, 3.63) is 30.0 Å². The Morgan fingerprint density at radius 1 is 1.14 bits per heavy atom. The van der Waals surface area contributed by atoms with Gasteiger partial charge in [-0.3, -0.25) is 4.79 Å². The highest BCUT2D eigenvalue weighted by Gasteiger charge is 2.75. The Kier molecular flexibility index (Phi) is 5.46. The molecule has 0 spiro atoms. The number of fused-ring (bicyclic) bond motifs is 1. The lowest BCUT2D eigenvalue weighted by Gasteiger charge is -2.32. The summed E-state index contributed by atoms with van der Waals surface area (Å²) >= 11 is 0. The monoisotopic (exact) mass is 417 g/mol. The van der Waals surface area contributed by atoms with Gasteiger partial charge >= 0.3 is 24.2 Å². The van der Waals surface area contributed by atoms with Gasteiger partial charge in [-0.2, -0.15) is 26.3 Å². The number of alkyl halides is 8. The lowest BCUT2D eigenvalue weighted by Crippen LogP contribution is -2.59. The third-order valence-electron chi connectivity index (χ3n) is 3.67. The maximum atomic E-state index is 13.5. The number of ether oxygens (including phenoxy) is 1. The van der Waals surface area contributed by atoms with E-state index in [1.165, 1.54) is 0 Å². The van der Waals surface area contributed by atoms with Gasteiger partial charge in [0.2, 0.25) is 0 Å². The van der Waals surface area contributed by atoms with Gasteiger partial charge in [-0.25, -0.2) is 13.8 Å². The molecule has 0 saturated carbocycles. The van der Waals surface area contributed by atoms with E-state index < -0.39 is 48.1 Å². The van der Waals surface area contributed by atoms with Crippen molar-refractivity contribution in [2.24, 2.45) is 0 Å². The zero-order valence-corrected chi connectivity index (χ0v) is 13.8. The standard InChI is InChI=1S/C16H11F8NO3/c1-7(26)12-11(27)5-8-4-9(2-3-10(8)25-12)28-6-14(19,20)16(23,24)15(21,22)13(17)18/h2-5,13,27H,6H2,1H3. The minimum Gasteiger partial charge on any atom is -0.506 e. The Balaban J connectivity index is 2.27. The van der Waals surface area contributed by atoms with Crippen molar-refractivity contribution in [1.82, 2.24) is 4.98 Å². The fraction of sp³-hybridized carbons (Fsp3) is 0.375. The molecule has 12 heteroatoms. The molecule has 0 fully saturated rings. The van der Waals surface area contributed by atoms with E-state index in [9.17, 15) is 45.0 Å². The first-order valence-electron chi connectivity index (χ1n) is 7.40. The molecule has 0 saturated heterocycles. The smallest absolute Gasteiger partial charge is 0.381 e. The number of hydrogen-bond donors (Lipinski definition) is 1. The molecular formula is C16H11F8NO3. The average Bonchev–Trinajstić information content (AvgIpc) is 2.58. The average molecular weight is 417 g/mol. The van der Waals surface area contributed by atoms with E-state index in [0.717, 1.165) is 31.2 Å². The molecule has 0 atom stereocenters. The molecule has 1 N–H and O–H groups in total. The van der Waals surface area contributed by atoms with Crippen molar-refractivity contribution in [3.63, 3.8) is 0 Å². The minimum absolute atomic E-state index is 0.0491. The van der Waals surface area contributed by atoms with Crippen LogP contribution in [0.2, 0.25) is 0 Å². The first-order valence-corrected chi connectivity index (χ1v) is 7.40. The van der Waals surface area contributed by atoms with Crippen LogP contribution in [0.1, 0.15) is 17.4 Å². The molecule has 0 aliphatic carbocycles. The van der Waals surface area contributed by atoms with Crippen LogP contribution in [0.5, 0.6) is 11.5 Å². The number of hydrogen-bond acceptors (Lipinski definition) is 4. The fourth-order valence-electron chi connectivity index (χ4n) is 2.14. The second kappa shape index (κ2) is 7.06. The Labute approximate surface area is 151 Å². The highest BCUT2D eigenvalue weighted by Crippen LogP contribution is 2.48. The quantitative estimate of drug-likeness (QED) is 0.525. The van der Waals surface area contributed by atoms with E-state index in [0.29, 0.717) is 0 Å². The molecule has 1 aromatic heterocycles. The summed E-state index contributed by atoms with van der Waals surface area (Å²) in [6.45, 7) is -1.19. The maximum Gasteiger partial charge on any atom is 0.381 e. The Morgan fingerprint density at radius 2 is 1.75 bits per heavy atom. The molecule has 2 aromatic rings. The van der Waals surface area contributed by atoms with Crippen molar-refractivity contribution in [1.29, 1.82) is 0 Å². The molecule has 28 heavy (non-hydrogen) atoms. The van der Waals surface area contributed by atoms with Crippen LogP contribution in [0, 0.1) is 0 Å². The highest BCUT2D eigenvalue weighted by atomic mass is 19.4. The Bertz CT molecular complexity index is 901. The molecular weight excluding hydrogens is 406 g/mol. The third-order valence-corrected chi connectivity index (χ3v) is 3.67. The number of pyridine rings is 1. The highest BCUT2D eigenvalue weighted by molar-refractivity contribution is 5.97. The summed E-state index contributed by atoms with van der Waals surface area (Å²) in [5.41, 5.74) is -0.168. The normalized spacial score (nSPS) is 13.2. The summed E-state index contributed by atoms with van der Waals surface area (Å²) in [7, 11) is 0. The summed E-state index contributed by atoms with van der Waals surface area (Å²) in [5.74, 6) is -19.9. The van der Waals surface area contributed by atoms with Crippen LogP contribution in [0.15, 0.2) is 24.3 Å². The van der Waals surface area contributed by atoms with Gasteiger partial charge in [-0.15, -0.1) is 0 Å².